The molecule has 90 valence electrons. The molecule has 4 nitrogen and oxygen atoms in total. The number of hydrogen-bond donors (Lipinski definition) is 2. The fourth-order valence-corrected chi connectivity index (χ4v) is 1.78. The average molecular weight is 233 g/mol. The van der Waals surface area contributed by atoms with Gasteiger partial charge in [0.25, 0.3) is 0 Å². The van der Waals surface area contributed by atoms with E-state index in [4.69, 9.17) is 4.74 Å². The van der Waals surface area contributed by atoms with E-state index in [1.54, 1.807) is 12.3 Å². The van der Waals surface area contributed by atoms with Gasteiger partial charge in [0.05, 0.1) is 18.7 Å². The number of benzene rings is 1. The SMILES string of the molecule is COc1cc2cccnc2cc1C(O)C(C)O. The van der Waals surface area contributed by atoms with E-state index in [1.807, 2.05) is 18.2 Å². The van der Waals surface area contributed by atoms with E-state index in [-0.39, 0.29) is 0 Å². The van der Waals surface area contributed by atoms with Crippen molar-refractivity contribution < 1.29 is 14.9 Å². The Bertz CT molecular complexity index is 525. The molecule has 2 aromatic rings. The van der Waals surface area contributed by atoms with Gasteiger partial charge in [-0.3, -0.25) is 4.98 Å². The van der Waals surface area contributed by atoms with E-state index in [0.717, 1.165) is 10.9 Å². The first-order chi connectivity index (χ1) is 8.13. The van der Waals surface area contributed by atoms with Crippen LogP contribution in [0.2, 0.25) is 0 Å². The van der Waals surface area contributed by atoms with Crippen LogP contribution in [0.5, 0.6) is 5.75 Å². The van der Waals surface area contributed by atoms with Crippen molar-refractivity contribution in [1.82, 2.24) is 4.98 Å². The summed E-state index contributed by atoms with van der Waals surface area (Å²) in [6.45, 7) is 1.53. The van der Waals surface area contributed by atoms with Gasteiger partial charge in [-0.1, -0.05) is 6.07 Å². The summed E-state index contributed by atoms with van der Waals surface area (Å²) in [4.78, 5) is 4.21. The average Bonchev–Trinajstić information content (AvgIpc) is 2.36. The predicted molar refractivity (Wildman–Crippen MR) is 64.9 cm³/mol. The van der Waals surface area contributed by atoms with Crippen molar-refractivity contribution in [1.29, 1.82) is 0 Å². The number of pyridine rings is 1. The molecule has 1 aromatic heterocycles. The number of aliphatic hydroxyl groups is 2. The summed E-state index contributed by atoms with van der Waals surface area (Å²) >= 11 is 0. The van der Waals surface area contributed by atoms with Gasteiger partial charge in [-0.2, -0.15) is 0 Å². The Morgan fingerprint density at radius 2 is 2.06 bits per heavy atom. The van der Waals surface area contributed by atoms with Crippen LogP contribution < -0.4 is 4.74 Å². The number of aliphatic hydroxyl groups excluding tert-OH is 2. The Morgan fingerprint density at radius 1 is 1.29 bits per heavy atom. The van der Waals surface area contributed by atoms with Gasteiger partial charge in [-0.05, 0) is 25.1 Å². The minimum Gasteiger partial charge on any atom is -0.496 e. The second kappa shape index (κ2) is 4.69. The molecule has 0 aliphatic heterocycles. The van der Waals surface area contributed by atoms with Crippen LogP contribution in [-0.2, 0) is 0 Å². The molecule has 2 rings (SSSR count). The van der Waals surface area contributed by atoms with E-state index in [2.05, 4.69) is 4.98 Å². The van der Waals surface area contributed by atoms with Crippen molar-refractivity contribution in [2.45, 2.75) is 19.1 Å². The summed E-state index contributed by atoms with van der Waals surface area (Å²) in [6.07, 6.45) is -0.144. The maximum Gasteiger partial charge on any atom is 0.125 e. The standard InChI is InChI=1S/C13H15NO3/c1-8(15)13(16)10-7-11-9(4-3-5-14-11)6-12(10)17-2/h3-8,13,15-16H,1-2H3. The lowest BCUT2D eigenvalue weighted by molar-refractivity contribution is 0.0291. The summed E-state index contributed by atoms with van der Waals surface area (Å²) in [5.74, 6) is 0.555. The van der Waals surface area contributed by atoms with Gasteiger partial charge in [-0.15, -0.1) is 0 Å². The fourth-order valence-electron chi connectivity index (χ4n) is 1.78. The molecule has 0 aliphatic carbocycles. The molecule has 2 unspecified atom stereocenters. The Hall–Kier alpha value is -1.65. The molecule has 0 spiro atoms. The van der Waals surface area contributed by atoms with Gasteiger partial charge in [0.2, 0.25) is 0 Å². The van der Waals surface area contributed by atoms with Crippen LogP contribution in [0, 0.1) is 0 Å². The monoisotopic (exact) mass is 233 g/mol. The molecule has 4 heteroatoms. The number of ether oxygens (including phenoxy) is 1. The summed E-state index contributed by atoms with van der Waals surface area (Å²) in [5, 5.41) is 20.3. The molecule has 0 bridgehead atoms. The van der Waals surface area contributed by atoms with Gasteiger partial charge in [0.1, 0.15) is 11.9 Å². The van der Waals surface area contributed by atoms with Crippen molar-refractivity contribution in [3.05, 3.63) is 36.0 Å². The first-order valence-electron chi connectivity index (χ1n) is 5.42. The minimum atomic E-state index is -0.976. The molecule has 1 heterocycles. The second-order valence-electron chi connectivity index (χ2n) is 3.98. The van der Waals surface area contributed by atoms with Crippen LogP contribution in [0.25, 0.3) is 10.9 Å². The van der Waals surface area contributed by atoms with Crippen LogP contribution in [0.3, 0.4) is 0 Å². The van der Waals surface area contributed by atoms with Crippen LogP contribution in [0.1, 0.15) is 18.6 Å². The zero-order chi connectivity index (χ0) is 12.4. The molecule has 17 heavy (non-hydrogen) atoms. The van der Waals surface area contributed by atoms with Crippen LogP contribution in [0.4, 0.5) is 0 Å². The lowest BCUT2D eigenvalue weighted by atomic mass is 10.0. The van der Waals surface area contributed by atoms with Crippen LogP contribution in [0.15, 0.2) is 30.5 Å². The third-order valence-electron chi connectivity index (χ3n) is 2.73. The van der Waals surface area contributed by atoms with Crippen molar-refractivity contribution in [3.8, 4) is 5.75 Å². The number of aromatic nitrogens is 1. The van der Waals surface area contributed by atoms with Gasteiger partial charge in [0, 0.05) is 17.1 Å². The highest BCUT2D eigenvalue weighted by molar-refractivity contribution is 5.81. The molecule has 0 saturated carbocycles. The van der Waals surface area contributed by atoms with Crippen LogP contribution >= 0.6 is 0 Å². The summed E-state index contributed by atoms with van der Waals surface area (Å²) in [5.41, 5.74) is 1.32. The second-order valence-corrected chi connectivity index (χ2v) is 3.98. The molecule has 0 aliphatic rings. The zero-order valence-electron chi connectivity index (χ0n) is 9.79. The Balaban J connectivity index is 2.60. The molecule has 2 atom stereocenters. The Kier molecular flexibility index (Phi) is 3.26. The Morgan fingerprint density at radius 3 is 2.71 bits per heavy atom. The van der Waals surface area contributed by atoms with E-state index in [9.17, 15) is 10.2 Å². The number of methoxy groups -OCH3 is 1. The van der Waals surface area contributed by atoms with Crippen molar-refractivity contribution >= 4 is 10.9 Å². The fraction of sp³-hybridized carbons (Fsp3) is 0.308. The third kappa shape index (κ3) is 2.23. The third-order valence-corrected chi connectivity index (χ3v) is 2.73. The van der Waals surface area contributed by atoms with Crippen molar-refractivity contribution in [2.75, 3.05) is 7.11 Å². The molecule has 1 aromatic carbocycles. The van der Waals surface area contributed by atoms with Gasteiger partial charge in [-0.25, -0.2) is 0 Å². The first-order valence-corrected chi connectivity index (χ1v) is 5.42. The molecular formula is C13H15NO3. The topological polar surface area (TPSA) is 62.6 Å². The van der Waals surface area contributed by atoms with E-state index >= 15 is 0 Å². The number of hydrogen-bond acceptors (Lipinski definition) is 4. The molecule has 0 saturated heterocycles. The lowest BCUT2D eigenvalue weighted by Crippen LogP contribution is -2.14. The first kappa shape index (κ1) is 11.8. The van der Waals surface area contributed by atoms with E-state index in [1.165, 1.54) is 14.0 Å². The minimum absolute atomic E-state index is 0.550. The molecule has 2 N–H and O–H groups in total. The number of nitrogens with zero attached hydrogens (tertiary/aromatic N) is 1. The number of rotatable bonds is 3. The lowest BCUT2D eigenvalue weighted by Gasteiger charge is -2.17. The maximum atomic E-state index is 9.91. The zero-order valence-corrected chi connectivity index (χ0v) is 9.79. The Labute approximate surface area is 99.5 Å². The van der Waals surface area contributed by atoms with Crippen molar-refractivity contribution in [3.63, 3.8) is 0 Å². The summed E-state index contributed by atoms with van der Waals surface area (Å²) in [6, 6.07) is 7.31. The van der Waals surface area contributed by atoms with Gasteiger partial charge < -0.3 is 14.9 Å². The van der Waals surface area contributed by atoms with Gasteiger partial charge in [0.15, 0.2) is 0 Å². The smallest absolute Gasteiger partial charge is 0.125 e. The quantitative estimate of drug-likeness (QED) is 0.846. The maximum absolute atomic E-state index is 9.91. The molecular weight excluding hydrogens is 218 g/mol. The van der Waals surface area contributed by atoms with E-state index < -0.39 is 12.2 Å². The molecule has 0 radical (unpaired) electrons. The normalized spacial score (nSPS) is 14.6. The predicted octanol–water partition coefficient (Wildman–Crippen LogP) is 1.66. The summed E-state index contributed by atoms with van der Waals surface area (Å²) < 4.78 is 5.23. The number of fused-ring (bicyclic) bond motifs is 1. The summed E-state index contributed by atoms with van der Waals surface area (Å²) in [7, 11) is 1.54. The van der Waals surface area contributed by atoms with Crippen LogP contribution in [-0.4, -0.2) is 28.4 Å². The molecule has 0 amide bonds. The molecule has 0 fully saturated rings. The largest absolute Gasteiger partial charge is 0.496 e. The highest BCUT2D eigenvalue weighted by atomic mass is 16.5. The van der Waals surface area contributed by atoms with Gasteiger partial charge >= 0.3 is 0 Å². The van der Waals surface area contributed by atoms with E-state index in [0.29, 0.717) is 11.3 Å². The highest BCUT2D eigenvalue weighted by Gasteiger charge is 2.19. The van der Waals surface area contributed by atoms with Crippen molar-refractivity contribution in [2.24, 2.45) is 0 Å². The highest BCUT2D eigenvalue weighted by Crippen LogP contribution is 2.31.